The molecule has 322 valence electrons. The minimum Gasteiger partial charge on any atom is -0.427 e. The molecule has 1 aliphatic carbocycles. The summed E-state index contributed by atoms with van der Waals surface area (Å²) < 4.78 is 33.2. The Balaban J connectivity index is 1.00. The molecule has 0 amide bonds. The molecule has 0 N–H and O–H groups in total. The number of carbonyl (C=O) groups is 5. The second-order valence-corrected chi connectivity index (χ2v) is 15.8. The highest BCUT2D eigenvalue weighted by atomic mass is 16.6. The van der Waals surface area contributed by atoms with Crippen LogP contribution in [0.5, 0.6) is 28.7 Å². The molecule has 11 nitrogen and oxygen atoms in total. The zero-order chi connectivity index (χ0) is 43.6. The van der Waals surface area contributed by atoms with Crippen LogP contribution in [0, 0.1) is 17.8 Å². The van der Waals surface area contributed by atoms with Gasteiger partial charge in [-0.3, -0.25) is 4.79 Å². The zero-order valence-corrected chi connectivity index (χ0v) is 35.3. The molecule has 5 rings (SSSR count). The van der Waals surface area contributed by atoms with Crippen LogP contribution in [0.4, 0.5) is 0 Å². The maximum Gasteiger partial charge on any atom is 0.343 e. The zero-order valence-electron chi connectivity index (χ0n) is 35.3. The van der Waals surface area contributed by atoms with Crippen LogP contribution in [0.3, 0.4) is 0 Å². The molecule has 1 saturated carbocycles. The van der Waals surface area contributed by atoms with E-state index in [1.807, 2.05) is 6.08 Å². The van der Waals surface area contributed by atoms with Gasteiger partial charge in [0.2, 0.25) is 0 Å². The Labute approximate surface area is 358 Å². The van der Waals surface area contributed by atoms with E-state index >= 15 is 0 Å². The average Bonchev–Trinajstić information content (AvgIpc) is 3.25. The summed E-state index contributed by atoms with van der Waals surface area (Å²) in [5.41, 5.74) is 0.715. The maximum absolute atomic E-state index is 12.8. The summed E-state index contributed by atoms with van der Waals surface area (Å²) in [7, 11) is 0. The summed E-state index contributed by atoms with van der Waals surface area (Å²) in [5.74, 6) is 0.0215. The summed E-state index contributed by atoms with van der Waals surface area (Å²) in [6.07, 6.45) is 12.8. The van der Waals surface area contributed by atoms with E-state index in [2.05, 4.69) is 27.4 Å². The first-order valence-electron chi connectivity index (χ1n) is 21.2. The summed E-state index contributed by atoms with van der Waals surface area (Å²) in [4.78, 5) is 63.1. The van der Waals surface area contributed by atoms with E-state index < -0.39 is 23.9 Å². The number of unbranched alkanes of at least 4 members (excludes halogenated alkanes) is 6. The van der Waals surface area contributed by atoms with Gasteiger partial charge < -0.3 is 28.4 Å². The van der Waals surface area contributed by atoms with Gasteiger partial charge in [0, 0.05) is 6.42 Å². The maximum atomic E-state index is 12.8. The number of carbonyl (C=O) groups excluding carboxylic acids is 5. The lowest BCUT2D eigenvalue weighted by atomic mass is 9.75. The highest BCUT2D eigenvalue weighted by Crippen LogP contribution is 2.35. The fraction of sp³-hybridized carbons (Fsp3) is 0.380. The number of allylic oxidation sites excluding steroid dienone is 1. The Morgan fingerprint density at radius 1 is 0.557 bits per heavy atom. The van der Waals surface area contributed by atoms with E-state index in [1.54, 1.807) is 12.1 Å². The lowest BCUT2D eigenvalue weighted by Crippen LogP contribution is -2.36. The van der Waals surface area contributed by atoms with Crippen molar-refractivity contribution in [3.63, 3.8) is 0 Å². The van der Waals surface area contributed by atoms with E-state index in [1.165, 1.54) is 97.8 Å². The van der Waals surface area contributed by atoms with Crippen molar-refractivity contribution in [1.82, 2.24) is 0 Å². The normalized spacial score (nSPS) is 16.0. The Hall–Kier alpha value is -6.07. The molecular weight excluding hydrogens is 777 g/mol. The van der Waals surface area contributed by atoms with Gasteiger partial charge in [0.1, 0.15) is 35.4 Å². The van der Waals surface area contributed by atoms with E-state index in [4.69, 9.17) is 28.4 Å². The number of benzene rings is 4. The van der Waals surface area contributed by atoms with Gasteiger partial charge in [-0.2, -0.15) is 0 Å². The fourth-order valence-corrected chi connectivity index (χ4v) is 7.14. The van der Waals surface area contributed by atoms with E-state index in [-0.39, 0.29) is 58.4 Å². The minimum absolute atomic E-state index is 0.0259. The molecule has 0 bridgehead atoms. The van der Waals surface area contributed by atoms with Crippen LogP contribution in [-0.2, 0) is 14.3 Å². The predicted molar refractivity (Wildman–Crippen MR) is 230 cm³/mol. The van der Waals surface area contributed by atoms with Gasteiger partial charge in [-0.1, -0.05) is 59.0 Å². The second-order valence-electron chi connectivity index (χ2n) is 15.8. The molecule has 0 aromatic heterocycles. The van der Waals surface area contributed by atoms with E-state index in [9.17, 15) is 24.0 Å². The largest absolute Gasteiger partial charge is 0.427 e. The van der Waals surface area contributed by atoms with Gasteiger partial charge in [-0.05, 0) is 147 Å². The molecule has 11 heteroatoms. The van der Waals surface area contributed by atoms with Crippen molar-refractivity contribution in [1.29, 1.82) is 0 Å². The van der Waals surface area contributed by atoms with Crippen LogP contribution in [0.25, 0.3) is 0 Å². The molecule has 3 atom stereocenters. The van der Waals surface area contributed by atoms with Crippen LogP contribution in [0.15, 0.2) is 110 Å². The summed E-state index contributed by atoms with van der Waals surface area (Å²) in [6.45, 7) is 10.2. The molecule has 0 radical (unpaired) electrons. The number of hydrogen-bond donors (Lipinski definition) is 0. The van der Waals surface area contributed by atoms with Crippen LogP contribution in [0.1, 0.15) is 122 Å². The van der Waals surface area contributed by atoms with Gasteiger partial charge >= 0.3 is 29.8 Å². The topological polar surface area (TPSA) is 141 Å². The van der Waals surface area contributed by atoms with Crippen LogP contribution in [-0.4, -0.2) is 42.6 Å². The Kier molecular flexibility index (Phi) is 17.8. The lowest BCUT2D eigenvalue weighted by Gasteiger charge is -2.36. The monoisotopic (exact) mass is 832 g/mol. The fourth-order valence-electron chi connectivity index (χ4n) is 7.14. The molecule has 3 unspecified atom stereocenters. The molecule has 0 saturated heterocycles. The first-order chi connectivity index (χ1) is 29.5. The van der Waals surface area contributed by atoms with Crippen LogP contribution >= 0.6 is 0 Å². The number of ether oxygens (including phenoxy) is 6. The smallest absolute Gasteiger partial charge is 0.343 e. The third-order valence-electron chi connectivity index (χ3n) is 10.6. The molecule has 0 aliphatic heterocycles. The third kappa shape index (κ3) is 15.2. The van der Waals surface area contributed by atoms with Gasteiger partial charge in [0.25, 0.3) is 0 Å². The molecule has 1 aliphatic rings. The molecule has 1 fully saturated rings. The van der Waals surface area contributed by atoms with Crippen molar-refractivity contribution in [3.05, 3.63) is 126 Å². The van der Waals surface area contributed by atoms with Crippen molar-refractivity contribution in [2.75, 3.05) is 6.61 Å². The quantitative estimate of drug-likeness (QED) is 0.0343. The predicted octanol–water partition coefficient (Wildman–Crippen LogP) is 10.9. The lowest BCUT2D eigenvalue weighted by molar-refractivity contribution is -0.145. The molecule has 0 spiro atoms. The van der Waals surface area contributed by atoms with Crippen LogP contribution < -0.4 is 23.7 Å². The van der Waals surface area contributed by atoms with Crippen molar-refractivity contribution < 1.29 is 52.4 Å². The Morgan fingerprint density at radius 3 is 1.39 bits per heavy atom. The van der Waals surface area contributed by atoms with Crippen molar-refractivity contribution in [2.24, 2.45) is 17.8 Å². The molecule has 0 heterocycles. The highest BCUT2D eigenvalue weighted by Gasteiger charge is 2.32. The molecule has 4 aromatic carbocycles. The van der Waals surface area contributed by atoms with Gasteiger partial charge in [-0.25, -0.2) is 19.2 Å². The van der Waals surface area contributed by atoms with E-state index in [0.29, 0.717) is 29.9 Å². The van der Waals surface area contributed by atoms with Crippen molar-refractivity contribution >= 4 is 29.8 Å². The van der Waals surface area contributed by atoms with Gasteiger partial charge in [-0.15, -0.1) is 6.58 Å². The molecular formula is C50H56O11. The Bertz CT molecular complexity index is 2050. The van der Waals surface area contributed by atoms with Crippen LogP contribution in [0.2, 0.25) is 0 Å². The first-order valence-corrected chi connectivity index (χ1v) is 21.2. The Morgan fingerprint density at radius 2 is 0.951 bits per heavy atom. The minimum atomic E-state index is -0.651. The second kappa shape index (κ2) is 23.6. The van der Waals surface area contributed by atoms with Crippen molar-refractivity contribution in [2.45, 2.75) is 97.5 Å². The number of hydrogen-bond acceptors (Lipinski definition) is 11. The van der Waals surface area contributed by atoms with Gasteiger partial charge in [0.15, 0.2) is 0 Å². The van der Waals surface area contributed by atoms with Gasteiger partial charge in [0.05, 0.1) is 22.8 Å². The summed E-state index contributed by atoms with van der Waals surface area (Å²) >= 11 is 0. The standard InChI is InChI=1S/C50H56O11/c1-5-6-7-8-9-10-11-12-13-46(51)57-39-21-15-36(16-22-39)49(54)60-42-27-29-43(30-28-42)61-50(55)38-19-25-41(26-20-38)59-48(53)37-17-23-40(24-18-37)58-47(52)33-56-45-32-35(4)14-31-44(45)34(2)3/h5,15-30,34-35,44-45H,1,6-14,31-33H2,2-4H3. The van der Waals surface area contributed by atoms with E-state index in [0.717, 1.165) is 51.4 Å². The third-order valence-corrected chi connectivity index (χ3v) is 10.6. The average molecular weight is 833 g/mol. The summed E-state index contributed by atoms with van der Waals surface area (Å²) in [6, 6.07) is 24.0. The SMILES string of the molecule is C=CCCCCCCCCC(=O)Oc1ccc(C(=O)Oc2ccc(OC(=O)c3ccc(OC(=O)c4ccc(OC(=O)COC5CC(C)CCC5C(C)C)cc4)cc3)cc2)cc1. The summed E-state index contributed by atoms with van der Waals surface area (Å²) in [5, 5.41) is 0. The number of rotatable bonds is 21. The molecule has 61 heavy (non-hydrogen) atoms. The molecule has 4 aromatic rings. The van der Waals surface area contributed by atoms with Crippen molar-refractivity contribution in [3.8, 4) is 28.7 Å². The highest BCUT2D eigenvalue weighted by molar-refractivity contribution is 5.93. The first kappa shape index (κ1) is 46.0. The number of esters is 5.